The van der Waals surface area contributed by atoms with Crippen LogP contribution in [0.15, 0.2) is 53.9 Å². The van der Waals surface area contributed by atoms with Gasteiger partial charge in [0.25, 0.3) is 0 Å². The van der Waals surface area contributed by atoms with Crippen LogP contribution < -0.4 is 9.47 Å². The fraction of sp³-hybridized carbons (Fsp3) is 0.250. The molecule has 1 aromatic heterocycles. The monoisotopic (exact) mass is 404 g/mol. The standard InChI is InChI=1S/C24H24N2O2S/c1-3-5-13-28-22-12-11-18(15-23(22)27-4-2)14-20(16-25)24-26-21(17-29-24)19-9-7-6-8-10-19/h6-12,14-15,17H,3-5,13H2,1-2H3/b20-14-. The Morgan fingerprint density at radius 1 is 1.10 bits per heavy atom. The van der Waals surface area contributed by atoms with Crippen LogP contribution in [0.4, 0.5) is 0 Å². The summed E-state index contributed by atoms with van der Waals surface area (Å²) in [6, 6.07) is 18.0. The van der Waals surface area contributed by atoms with E-state index in [1.54, 1.807) is 0 Å². The molecule has 0 N–H and O–H groups in total. The van der Waals surface area contributed by atoms with Crippen LogP contribution in [-0.4, -0.2) is 18.2 Å². The Bertz CT molecular complexity index is 1000. The number of benzene rings is 2. The SMILES string of the molecule is CCCCOc1ccc(/C=C(/C#N)c2nc(-c3ccccc3)cs2)cc1OCC. The van der Waals surface area contributed by atoms with Crippen molar-refractivity contribution in [3.63, 3.8) is 0 Å². The van der Waals surface area contributed by atoms with Crippen molar-refractivity contribution >= 4 is 23.0 Å². The van der Waals surface area contributed by atoms with E-state index in [-0.39, 0.29) is 0 Å². The quantitative estimate of drug-likeness (QED) is 0.304. The summed E-state index contributed by atoms with van der Waals surface area (Å²) >= 11 is 1.47. The lowest BCUT2D eigenvalue weighted by molar-refractivity contribution is 0.272. The van der Waals surface area contributed by atoms with E-state index < -0.39 is 0 Å². The van der Waals surface area contributed by atoms with Gasteiger partial charge >= 0.3 is 0 Å². The first-order valence-corrected chi connectivity index (χ1v) is 10.7. The van der Waals surface area contributed by atoms with Crippen LogP contribution in [0.3, 0.4) is 0 Å². The molecule has 0 saturated heterocycles. The summed E-state index contributed by atoms with van der Waals surface area (Å²) in [5, 5.41) is 12.4. The number of aromatic nitrogens is 1. The lowest BCUT2D eigenvalue weighted by atomic mass is 10.1. The van der Waals surface area contributed by atoms with Gasteiger partial charge in [0, 0.05) is 10.9 Å². The average molecular weight is 405 g/mol. The lowest BCUT2D eigenvalue weighted by Gasteiger charge is -2.12. The molecule has 0 bridgehead atoms. The van der Waals surface area contributed by atoms with Crippen molar-refractivity contribution in [1.82, 2.24) is 4.98 Å². The highest BCUT2D eigenvalue weighted by Crippen LogP contribution is 2.31. The number of ether oxygens (including phenoxy) is 2. The molecule has 148 valence electrons. The summed E-state index contributed by atoms with van der Waals surface area (Å²) in [4.78, 5) is 4.65. The molecule has 5 heteroatoms. The average Bonchev–Trinajstić information content (AvgIpc) is 3.24. The zero-order chi connectivity index (χ0) is 20.5. The summed E-state index contributed by atoms with van der Waals surface area (Å²) in [6.07, 6.45) is 3.92. The van der Waals surface area contributed by atoms with E-state index in [0.29, 0.717) is 29.5 Å². The Labute approximate surface area is 176 Å². The van der Waals surface area contributed by atoms with Crippen molar-refractivity contribution in [3.8, 4) is 28.8 Å². The van der Waals surface area contributed by atoms with Crippen molar-refractivity contribution in [3.05, 3.63) is 64.5 Å². The van der Waals surface area contributed by atoms with Gasteiger partial charge in [-0.2, -0.15) is 5.26 Å². The minimum atomic E-state index is 0.527. The Kier molecular flexibility index (Phi) is 7.43. The first kappa shape index (κ1) is 20.6. The molecule has 0 unspecified atom stereocenters. The van der Waals surface area contributed by atoms with Gasteiger partial charge in [0.1, 0.15) is 11.1 Å². The number of hydrogen-bond acceptors (Lipinski definition) is 5. The van der Waals surface area contributed by atoms with Crippen LogP contribution in [0.5, 0.6) is 11.5 Å². The maximum Gasteiger partial charge on any atom is 0.161 e. The van der Waals surface area contributed by atoms with E-state index in [4.69, 9.17) is 9.47 Å². The van der Waals surface area contributed by atoms with E-state index in [2.05, 4.69) is 18.0 Å². The van der Waals surface area contributed by atoms with Gasteiger partial charge in [-0.25, -0.2) is 4.98 Å². The first-order valence-electron chi connectivity index (χ1n) is 9.78. The molecule has 0 fully saturated rings. The lowest BCUT2D eigenvalue weighted by Crippen LogP contribution is -2.00. The minimum absolute atomic E-state index is 0.527. The van der Waals surface area contributed by atoms with Crippen molar-refractivity contribution in [2.45, 2.75) is 26.7 Å². The van der Waals surface area contributed by atoms with Crippen LogP contribution in [0.1, 0.15) is 37.3 Å². The van der Waals surface area contributed by atoms with Crippen molar-refractivity contribution in [1.29, 1.82) is 5.26 Å². The van der Waals surface area contributed by atoms with Gasteiger partial charge in [0.05, 0.1) is 24.5 Å². The third-order valence-electron chi connectivity index (χ3n) is 4.26. The van der Waals surface area contributed by atoms with E-state index in [9.17, 15) is 5.26 Å². The highest BCUT2D eigenvalue weighted by Gasteiger charge is 2.11. The molecular formula is C24H24N2O2S. The van der Waals surface area contributed by atoms with Crippen LogP contribution >= 0.6 is 11.3 Å². The molecule has 0 saturated carbocycles. The second-order valence-corrected chi connectivity index (χ2v) is 7.27. The summed E-state index contributed by atoms with van der Waals surface area (Å²) in [5.41, 5.74) is 3.32. The molecular weight excluding hydrogens is 380 g/mol. The van der Waals surface area contributed by atoms with Crippen LogP contribution in [-0.2, 0) is 0 Å². The Morgan fingerprint density at radius 2 is 1.93 bits per heavy atom. The highest BCUT2D eigenvalue weighted by atomic mass is 32.1. The highest BCUT2D eigenvalue weighted by molar-refractivity contribution is 7.11. The van der Waals surface area contributed by atoms with E-state index in [1.807, 2.05) is 66.9 Å². The molecule has 3 aromatic rings. The molecule has 1 heterocycles. The summed E-state index contributed by atoms with van der Waals surface area (Å²) in [7, 11) is 0. The van der Waals surface area contributed by atoms with Crippen LogP contribution in [0, 0.1) is 11.3 Å². The molecule has 0 aliphatic carbocycles. The van der Waals surface area contributed by atoms with Gasteiger partial charge in [0.2, 0.25) is 0 Å². The molecule has 0 aliphatic rings. The first-order chi connectivity index (χ1) is 14.2. The van der Waals surface area contributed by atoms with Crippen LogP contribution in [0.2, 0.25) is 0 Å². The number of rotatable bonds is 9. The number of hydrogen-bond donors (Lipinski definition) is 0. The Balaban J connectivity index is 1.86. The van der Waals surface area contributed by atoms with Crippen molar-refractivity contribution in [2.24, 2.45) is 0 Å². The summed E-state index contributed by atoms with van der Waals surface area (Å²) in [6.45, 7) is 5.29. The number of allylic oxidation sites excluding steroid dienone is 1. The van der Waals surface area contributed by atoms with Gasteiger partial charge in [-0.1, -0.05) is 49.7 Å². The summed E-state index contributed by atoms with van der Waals surface area (Å²) < 4.78 is 11.6. The normalized spacial score (nSPS) is 11.1. The molecule has 0 atom stereocenters. The fourth-order valence-corrected chi connectivity index (χ4v) is 3.57. The molecule has 29 heavy (non-hydrogen) atoms. The second kappa shape index (κ2) is 10.4. The maximum absolute atomic E-state index is 9.68. The number of nitriles is 1. The van der Waals surface area contributed by atoms with Crippen LogP contribution in [0.25, 0.3) is 22.9 Å². The van der Waals surface area contributed by atoms with Crippen molar-refractivity contribution < 1.29 is 9.47 Å². The van der Waals surface area contributed by atoms with Gasteiger partial charge in [0.15, 0.2) is 11.5 Å². The van der Waals surface area contributed by atoms with Gasteiger partial charge in [-0.3, -0.25) is 0 Å². The predicted molar refractivity (Wildman–Crippen MR) is 119 cm³/mol. The number of nitrogens with zero attached hydrogens (tertiary/aromatic N) is 2. The topological polar surface area (TPSA) is 55.1 Å². The largest absolute Gasteiger partial charge is 0.490 e. The predicted octanol–water partition coefficient (Wildman–Crippen LogP) is 6.45. The molecule has 4 nitrogen and oxygen atoms in total. The summed E-state index contributed by atoms with van der Waals surface area (Å²) in [5.74, 6) is 1.43. The molecule has 3 rings (SSSR count). The maximum atomic E-state index is 9.68. The zero-order valence-corrected chi connectivity index (χ0v) is 17.5. The molecule has 2 aromatic carbocycles. The number of unbranched alkanes of at least 4 members (excludes halogenated alkanes) is 1. The van der Waals surface area contributed by atoms with Crippen molar-refractivity contribution in [2.75, 3.05) is 13.2 Å². The second-order valence-electron chi connectivity index (χ2n) is 6.41. The number of thiazole rings is 1. The molecule has 0 radical (unpaired) electrons. The van der Waals surface area contributed by atoms with Gasteiger partial charge in [-0.15, -0.1) is 11.3 Å². The zero-order valence-electron chi connectivity index (χ0n) is 16.7. The third-order valence-corrected chi connectivity index (χ3v) is 5.13. The fourth-order valence-electron chi connectivity index (χ4n) is 2.78. The van der Waals surface area contributed by atoms with E-state index in [0.717, 1.165) is 35.4 Å². The van der Waals surface area contributed by atoms with E-state index in [1.165, 1.54) is 11.3 Å². The smallest absolute Gasteiger partial charge is 0.161 e. The third kappa shape index (κ3) is 5.46. The Morgan fingerprint density at radius 3 is 2.66 bits per heavy atom. The molecule has 0 amide bonds. The minimum Gasteiger partial charge on any atom is -0.490 e. The van der Waals surface area contributed by atoms with Gasteiger partial charge in [-0.05, 0) is 37.1 Å². The van der Waals surface area contributed by atoms with Gasteiger partial charge < -0.3 is 9.47 Å². The van der Waals surface area contributed by atoms with E-state index >= 15 is 0 Å². The molecule has 0 aliphatic heterocycles. The molecule has 0 spiro atoms. The Hall–Kier alpha value is -3.10.